The third kappa shape index (κ3) is 16.0. The number of hydrogen-bond acceptors (Lipinski definition) is 1. The average Bonchev–Trinajstić information content (AvgIpc) is 2.47. The van der Waals surface area contributed by atoms with E-state index in [0.29, 0.717) is 0 Å². The van der Waals surface area contributed by atoms with Gasteiger partial charge in [0.15, 0.2) is 0 Å². The maximum Gasteiger partial charge on any atom is 0.0537 e. The molecule has 0 saturated carbocycles. The molecule has 20 heavy (non-hydrogen) atoms. The molecule has 0 heterocycles. The number of aliphatic hydroxyl groups is 1. The normalized spacial score (nSPS) is 12.8. The molecule has 0 bridgehead atoms. The van der Waals surface area contributed by atoms with Crippen molar-refractivity contribution < 1.29 is 5.11 Å². The van der Waals surface area contributed by atoms with Gasteiger partial charge in [-0.05, 0) is 12.8 Å². The summed E-state index contributed by atoms with van der Waals surface area (Å²) in [6.45, 7) is 4.35. The first kappa shape index (κ1) is 20.0. The van der Waals surface area contributed by atoms with Crippen molar-refractivity contribution in [2.24, 2.45) is 0 Å². The summed E-state index contributed by atoms with van der Waals surface area (Å²) < 4.78 is 0. The largest absolute Gasteiger partial charge is 0.393 e. The third-order valence-electron chi connectivity index (χ3n) is 4.36. The fraction of sp³-hybridized carbons (Fsp3) is 1.00. The van der Waals surface area contributed by atoms with E-state index in [-0.39, 0.29) is 6.10 Å². The second kappa shape index (κ2) is 17.0. The van der Waals surface area contributed by atoms with Gasteiger partial charge < -0.3 is 5.11 Å². The van der Waals surface area contributed by atoms with E-state index in [1.165, 1.54) is 89.9 Å². The standard InChI is InChI=1S/C19H40O/c1-3-5-6-7-8-9-10-11-12-13-14-15-16-17-18-19(20)4-2/h19-20H,3-18H2,1-2H3. The van der Waals surface area contributed by atoms with E-state index >= 15 is 0 Å². The van der Waals surface area contributed by atoms with Crippen molar-refractivity contribution in [2.45, 2.75) is 123 Å². The molecule has 0 spiro atoms. The Morgan fingerprint density at radius 3 is 1.25 bits per heavy atom. The average molecular weight is 285 g/mol. The molecule has 0 aliphatic rings. The third-order valence-corrected chi connectivity index (χ3v) is 4.36. The molecule has 1 heteroatoms. The Bertz CT molecular complexity index is 167. The van der Waals surface area contributed by atoms with Gasteiger partial charge in [-0.1, -0.05) is 104 Å². The van der Waals surface area contributed by atoms with Gasteiger partial charge in [-0.2, -0.15) is 0 Å². The highest BCUT2D eigenvalue weighted by molar-refractivity contribution is 4.53. The zero-order valence-corrected chi connectivity index (χ0v) is 14.3. The van der Waals surface area contributed by atoms with Gasteiger partial charge in [-0.3, -0.25) is 0 Å². The van der Waals surface area contributed by atoms with Crippen LogP contribution in [0.2, 0.25) is 0 Å². The predicted octanol–water partition coefficient (Wildman–Crippen LogP) is 6.63. The molecular formula is C19H40O. The first-order valence-corrected chi connectivity index (χ1v) is 9.49. The molecule has 0 radical (unpaired) electrons. The summed E-state index contributed by atoms with van der Waals surface area (Å²) in [5.74, 6) is 0. The van der Waals surface area contributed by atoms with E-state index in [1.54, 1.807) is 0 Å². The summed E-state index contributed by atoms with van der Waals surface area (Å²) in [7, 11) is 0. The lowest BCUT2D eigenvalue weighted by molar-refractivity contribution is 0.156. The minimum absolute atomic E-state index is 0.0488. The van der Waals surface area contributed by atoms with Crippen molar-refractivity contribution in [3.63, 3.8) is 0 Å². The van der Waals surface area contributed by atoms with Crippen LogP contribution >= 0.6 is 0 Å². The van der Waals surface area contributed by atoms with E-state index in [4.69, 9.17) is 0 Å². The van der Waals surface area contributed by atoms with Gasteiger partial charge in [0.05, 0.1) is 6.10 Å². The van der Waals surface area contributed by atoms with Gasteiger partial charge in [0.25, 0.3) is 0 Å². The zero-order chi connectivity index (χ0) is 14.9. The molecule has 122 valence electrons. The van der Waals surface area contributed by atoms with E-state index in [2.05, 4.69) is 13.8 Å². The summed E-state index contributed by atoms with van der Waals surface area (Å²) in [5.41, 5.74) is 0. The molecule has 0 aliphatic carbocycles. The van der Waals surface area contributed by atoms with Gasteiger partial charge in [0.1, 0.15) is 0 Å². The van der Waals surface area contributed by atoms with Crippen LogP contribution in [0.5, 0.6) is 0 Å². The van der Waals surface area contributed by atoms with Crippen molar-refractivity contribution in [2.75, 3.05) is 0 Å². The topological polar surface area (TPSA) is 20.2 Å². The Morgan fingerprint density at radius 1 is 0.550 bits per heavy atom. The molecule has 1 atom stereocenters. The van der Waals surface area contributed by atoms with E-state index < -0.39 is 0 Å². The van der Waals surface area contributed by atoms with Crippen molar-refractivity contribution in [1.29, 1.82) is 0 Å². The van der Waals surface area contributed by atoms with Crippen LogP contribution in [0.15, 0.2) is 0 Å². The van der Waals surface area contributed by atoms with Crippen LogP contribution in [0, 0.1) is 0 Å². The number of aliphatic hydroxyl groups excluding tert-OH is 1. The smallest absolute Gasteiger partial charge is 0.0537 e. The SMILES string of the molecule is CCCCCCCCCCCCCCCCC(O)CC. The zero-order valence-electron chi connectivity index (χ0n) is 14.3. The quantitative estimate of drug-likeness (QED) is 0.315. The second-order valence-corrected chi connectivity index (χ2v) is 6.45. The summed E-state index contributed by atoms with van der Waals surface area (Å²) in [4.78, 5) is 0. The van der Waals surface area contributed by atoms with Crippen LogP contribution in [0.3, 0.4) is 0 Å². The maximum absolute atomic E-state index is 9.45. The lowest BCUT2D eigenvalue weighted by Crippen LogP contribution is -2.03. The first-order chi connectivity index (χ1) is 9.81. The van der Waals surface area contributed by atoms with Gasteiger partial charge in [-0.25, -0.2) is 0 Å². The minimum atomic E-state index is -0.0488. The molecule has 0 aromatic heterocycles. The summed E-state index contributed by atoms with van der Waals surface area (Å²) >= 11 is 0. The minimum Gasteiger partial charge on any atom is -0.393 e. The summed E-state index contributed by atoms with van der Waals surface area (Å²) in [6, 6.07) is 0. The molecule has 0 aromatic carbocycles. The highest BCUT2D eigenvalue weighted by atomic mass is 16.3. The van der Waals surface area contributed by atoms with Gasteiger partial charge in [0, 0.05) is 0 Å². The Labute approximate surface area is 128 Å². The van der Waals surface area contributed by atoms with Gasteiger partial charge in [-0.15, -0.1) is 0 Å². The van der Waals surface area contributed by atoms with Crippen molar-refractivity contribution >= 4 is 0 Å². The van der Waals surface area contributed by atoms with Crippen molar-refractivity contribution in [1.82, 2.24) is 0 Å². The van der Waals surface area contributed by atoms with E-state index in [9.17, 15) is 5.11 Å². The Balaban J connectivity index is 2.96. The van der Waals surface area contributed by atoms with Crippen LogP contribution in [-0.2, 0) is 0 Å². The van der Waals surface area contributed by atoms with Crippen molar-refractivity contribution in [3.8, 4) is 0 Å². The molecule has 1 unspecified atom stereocenters. The van der Waals surface area contributed by atoms with Crippen LogP contribution in [0.1, 0.15) is 117 Å². The number of hydrogen-bond donors (Lipinski definition) is 1. The van der Waals surface area contributed by atoms with E-state index in [0.717, 1.165) is 12.8 Å². The lowest BCUT2D eigenvalue weighted by atomic mass is 10.0. The Kier molecular flexibility index (Phi) is 17.0. The predicted molar refractivity (Wildman–Crippen MR) is 91.2 cm³/mol. The monoisotopic (exact) mass is 284 g/mol. The molecule has 0 saturated heterocycles. The van der Waals surface area contributed by atoms with Crippen LogP contribution in [-0.4, -0.2) is 11.2 Å². The molecule has 0 aliphatic heterocycles. The second-order valence-electron chi connectivity index (χ2n) is 6.45. The Hall–Kier alpha value is -0.0400. The molecule has 0 fully saturated rings. The van der Waals surface area contributed by atoms with Crippen LogP contribution in [0.25, 0.3) is 0 Å². The fourth-order valence-electron chi connectivity index (χ4n) is 2.78. The fourth-order valence-corrected chi connectivity index (χ4v) is 2.78. The molecule has 1 N–H and O–H groups in total. The summed E-state index contributed by atoms with van der Waals surface area (Å²) in [5, 5.41) is 9.45. The lowest BCUT2D eigenvalue weighted by Gasteiger charge is -2.06. The highest BCUT2D eigenvalue weighted by Gasteiger charge is 1.99. The number of rotatable bonds is 16. The molecule has 0 aromatic rings. The van der Waals surface area contributed by atoms with Crippen LogP contribution < -0.4 is 0 Å². The summed E-state index contributed by atoms with van der Waals surface area (Å²) in [6.07, 6.45) is 21.5. The molecule has 0 amide bonds. The van der Waals surface area contributed by atoms with Crippen LogP contribution in [0.4, 0.5) is 0 Å². The molecule has 0 rings (SSSR count). The Morgan fingerprint density at radius 2 is 0.900 bits per heavy atom. The molecule has 1 nitrogen and oxygen atoms in total. The van der Waals surface area contributed by atoms with Crippen molar-refractivity contribution in [3.05, 3.63) is 0 Å². The van der Waals surface area contributed by atoms with E-state index in [1.807, 2.05) is 0 Å². The first-order valence-electron chi connectivity index (χ1n) is 9.49. The molecular weight excluding hydrogens is 244 g/mol. The van der Waals surface area contributed by atoms with Gasteiger partial charge in [0.2, 0.25) is 0 Å². The maximum atomic E-state index is 9.45. The number of unbranched alkanes of at least 4 members (excludes halogenated alkanes) is 13. The van der Waals surface area contributed by atoms with Gasteiger partial charge >= 0.3 is 0 Å². The highest BCUT2D eigenvalue weighted by Crippen LogP contribution is 2.14.